The molecule has 142 valence electrons. The van der Waals surface area contributed by atoms with Crippen molar-refractivity contribution in [2.45, 2.75) is 33.1 Å². The number of aliphatic hydroxyl groups is 1. The van der Waals surface area contributed by atoms with E-state index < -0.39 is 0 Å². The molecule has 0 aliphatic carbocycles. The van der Waals surface area contributed by atoms with Crippen LogP contribution < -0.4 is 4.74 Å². The molecular formula is C21H36N2O2. The molecule has 1 atom stereocenters. The molecule has 1 aliphatic heterocycles. The number of aliphatic hydroxyl groups excluding tert-OH is 1. The highest BCUT2D eigenvalue weighted by molar-refractivity contribution is 5.27. The van der Waals surface area contributed by atoms with Crippen molar-refractivity contribution in [1.82, 2.24) is 9.80 Å². The summed E-state index contributed by atoms with van der Waals surface area (Å²) in [6.07, 6.45) is 3.72. The normalized spacial score (nSPS) is 19.4. The van der Waals surface area contributed by atoms with Crippen LogP contribution >= 0.6 is 0 Å². The number of methoxy groups -OCH3 is 1. The van der Waals surface area contributed by atoms with E-state index in [2.05, 4.69) is 42.8 Å². The van der Waals surface area contributed by atoms with Gasteiger partial charge < -0.3 is 19.6 Å². The van der Waals surface area contributed by atoms with Gasteiger partial charge in [-0.1, -0.05) is 26.0 Å². The van der Waals surface area contributed by atoms with E-state index in [-0.39, 0.29) is 12.0 Å². The van der Waals surface area contributed by atoms with Gasteiger partial charge in [0.25, 0.3) is 0 Å². The highest BCUT2D eigenvalue weighted by Gasteiger charge is 2.24. The van der Waals surface area contributed by atoms with E-state index >= 15 is 0 Å². The minimum atomic E-state index is -0.0164. The SMILES string of the molecule is COc1ccc(CCN2CCCC(CN(C)CC(C)(C)CO)C2)cc1. The smallest absolute Gasteiger partial charge is 0.118 e. The highest BCUT2D eigenvalue weighted by Crippen LogP contribution is 2.21. The summed E-state index contributed by atoms with van der Waals surface area (Å²) in [5, 5.41) is 9.46. The molecule has 1 saturated heterocycles. The second kappa shape index (κ2) is 9.56. The molecule has 0 amide bonds. The Balaban J connectivity index is 1.76. The Labute approximate surface area is 153 Å². The lowest BCUT2D eigenvalue weighted by Crippen LogP contribution is -2.43. The monoisotopic (exact) mass is 348 g/mol. The summed E-state index contributed by atoms with van der Waals surface area (Å²) >= 11 is 0. The van der Waals surface area contributed by atoms with Crippen molar-refractivity contribution in [3.8, 4) is 5.75 Å². The van der Waals surface area contributed by atoms with Crippen LogP contribution in [-0.2, 0) is 6.42 Å². The van der Waals surface area contributed by atoms with E-state index in [1.54, 1.807) is 7.11 Å². The van der Waals surface area contributed by atoms with Gasteiger partial charge in [-0.15, -0.1) is 0 Å². The third-order valence-corrected chi connectivity index (χ3v) is 5.17. The first-order valence-electron chi connectivity index (χ1n) is 9.56. The standard InChI is InChI=1S/C21H36N2O2/c1-21(2,17-24)16-22(3)14-19-6-5-12-23(15-19)13-11-18-7-9-20(25-4)10-8-18/h7-10,19,24H,5-6,11-17H2,1-4H3. The van der Waals surface area contributed by atoms with Gasteiger partial charge in [0.2, 0.25) is 0 Å². The summed E-state index contributed by atoms with van der Waals surface area (Å²) in [4.78, 5) is 5.01. The maximum absolute atomic E-state index is 9.46. The van der Waals surface area contributed by atoms with Crippen LogP contribution in [0.1, 0.15) is 32.3 Å². The average Bonchev–Trinajstić information content (AvgIpc) is 2.60. The van der Waals surface area contributed by atoms with E-state index in [0.29, 0.717) is 0 Å². The lowest BCUT2D eigenvalue weighted by atomic mass is 9.92. The van der Waals surface area contributed by atoms with Gasteiger partial charge in [0.1, 0.15) is 5.75 Å². The Kier molecular flexibility index (Phi) is 7.73. The van der Waals surface area contributed by atoms with E-state index in [1.165, 1.54) is 31.5 Å². The predicted molar refractivity (Wildman–Crippen MR) is 104 cm³/mol. The van der Waals surface area contributed by atoms with Crippen LogP contribution in [0.4, 0.5) is 0 Å². The van der Waals surface area contributed by atoms with Crippen molar-refractivity contribution < 1.29 is 9.84 Å². The van der Waals surface area contributed by atoms with E-state index in [4.69, 9.17) is 4.74 Å². The molecule has 4 heteroatoms. The van der Waals surface area contributed by atoms with Gasteiger partial charge in [0.05, 0.1) is 7.11 Å². The number of likely N-dealkylation sites (tertiary alicyclic amines) is 1. The summed E-state index contributed by atoms with van der Waals surface area (Å²) in [6, 6.07) is 8.44. The Morgan fingerprint density at radius 1 is 1.28 bits per heavy atom. The van der Waals surface area contributed by atoms with Crippen molar-refractivity contribution in [2.24, 2.45) is 11.3 Å². The Bertz CT molecular complexity index is 501. The molecule has 25 heavy (non-hydrogen) atoms. The van der Waals surface area contributed by atoms with Crippen LogP contribution in [0, 0.1) is 11.3 Å². The van der Waals surface area contributed by atoms with Crippen LogP contribution in [0.15, 0.2) is 24.3 Å². The number of ether oxygens (including phenoxy) is 1. The fourth-order valence-corrected chi connectivity index (χ4v) is 3.87. The second-order valence-electron chi connectivity index (χ2n) is 8.43. The maximum atomic E-state index is 9.46. The maximum Gasteiger partial charge on any atom is 0.118 e. The van der Waals surface area contributed by atoms with Crippen LogP contribution in [0.25, 0.3) is 0 Å². The van der Waals surface area contributed by atoms with Gasteiger partial charge in [-0.25, -0.2) is 0 Å². The minimum Gasteiger partial charge on any atom is -0.497 e. The Morgan fingerprint density at radius 2 is 2.00 bits per heavy atom. The molecule has 1 aliphatic rings. The Morgan fingerprint density at radius 3 is 2.64 bits per heavy atom. The van der Waals surface area contributed by atoms with Gasteiger partial charge in [0, 0.05) is 38.2 Å². The molecule has 2 rings (SSSR count). The highest BCUT2D eigenvalue weighted by atomic mass is 16.5. The van der Waals surface area contributed by atoms with E-state index in [9.17, 15) is 5.11 Å². The molecular weight excluding hydrogens is 312 g/mol. The zero-order valence-corrected chi connectivity index (χ0v) is 16.5. The number of hydrogen-bond donors (Lipinski definition) is 1. The average molecular weight is 349 g/mol. The molecule has 1 heterocycles. The van der Waals surface area contributed by atoms with Crippen LogP contribution in [0.2, 0.25) is 0 Å². The number of benzene rings is 1. The lowest BCUT2D eigenvalue weighted by molar-refractivity contribution is 0.0907. The molecule has 0 spiro atoms. The zero-order chi connectivity index (χ0) is 18.3. The molecule has 0 radical (unpaired) electrons. The largest absolute Gasteiger partial charge is 0.497 e. The molecule has 1 N–H and O–H groups in total. The molecule has 1 aromatic rings. The molecule has 1 fully saturated rings. The van der Waals surface area contributed by atoms with Crippen molar-refractivity contribution in [3.05, 3.63) is 29.8 Å². The fourth-order valence-electron chi connectivity index (χ4n) is 3.87. The van der Waals surface area contributed by atoms with Gasteiger partial charge in [0.15, 0.2) is 0 Å². The summed E-state index contributed by atoms with van der Waals surface area (Å²) < 4.78 is 5.23. The quantitative estimate of drug-likeness (QED) is 0.744. The molecule has 1 unspecified atom stereocenters. The van der Waals surface area contributed by atoms with Crippen LogP contribution in [-0.4, -0.2) is 68.4 Å². The third kappa shape index (κ3) is 6.96. The van der Waals surface area contributed by atoms with E-state index in [1.807, 2.05) is 12.1 Å². The number of piperidine rings is 1. The molecule has 0 aromatic heterocycles. The molecule has 0 bridgehead atoms. The number of nitrogens with zero attached hydrogens (tertiary/aromatic N) is 2. The third-order valence-electron chi connectivity index (χ3n) is 5.17. The van der Waals surface area contributed by atoms with Crippen molar-refractivity contribution in [1.29, 1.82) is 0 Å². The summed E-state index contributed by atoms with van der Waals surface area (Å²) in [5.41, 5.74) is 1.36. The van der Waals surface area contributed by atoms with Crippen molar-refractivity contribution in [3.63, 3.8) is 0 Å². The van der Waals surface area contributed by atoms with Crippen LogP contribution in [0.3, 0.4) is 0 Å². The number of rotatable bonds is 9. The van der Waals surface area contributed by atoms with Gasteiger partial charge in [-0.05, 0) is 56.5 Å². The predicted octanol–water partition coefficient (Wildman–Crippen LogP) is 2.90. The first kappa shape index (κ1) is 20.2. The molecule has 1 aromatic carbocycles. The topological polar surface area (TPSA) is 35.9 Å². The first-order valence-corrected chi connectivity index (χ1v) is 9.56. The fraction of sp³-hybridized carbons (Fsp3) is 0.714. The first-order chi connectivity index (χ1) is 11.9. The van der Waals surface area contributed by atoms with E-state index in [0.717, 1.165) is 37.7 Å². The lowest BCUT2D eigenvalue weighted by Gasteiger charge is -2.36. The molecule has 4 nitrogen and oxygen atoms in total. The summed E-state index contributed by atoms with van der Waals surface area (Å²) in [7, 11) is 3.90. The zero-order valence-electron chi connectivity index (χ0n) is 16.5. The van der Waals surface area contributed by atoms with Gasteiger partial charge in [-0.2, -0.15) is 0 Å². The van der Waals surface area contributed by atoms with Crippen LogP contribution in [0.5, 0.6) is 5.75 Å². The van der Waals surface area contributed by atoms with Gasteiger partial charge in [-0.3, -0.25) is 0 Å². The molecule has 0 saturated carbocycles. The second-order valence-corrected chi connectivity index (χ2v) is 8.43. The minimum absolute atomic E-state index is 0.0164. The van der Waals surface area contributed by atoms with Gasteiger partial charge >= 0.3 is 0 Å². The number of hydrogen-bond acceptors (Lipinski definition) is 4. The summed E-state index contributed by atoms with van der Waals surface area (Å²) in [5.74, 6) is 1.67. The summed E-state index contributed by atoms with van der Waals surface area (Å²) in [6.45, 7) is 10.1. The van der Waals surface area contributed by atoms with Crippen molar-refractivity contribution >= 4 is 0 Å². The Hall–Kier alpha value is -1.10. The van der Waals surface area contributed by atoms with Crippen molar-refractivity contribution in [2.75, 3.05) is 53.5 Å².